The van der Waals surface area contributed by atoms with Crippen molar-refractivity contribution in [3.05, 3.63) is 40.3 Å². The van der Waals surface area contributed by atoms with Crippen molar-refractivity contribution >= 4 is 29.0 Å². The second-order valence-electron chi connectivity index (χ2n) is 3.60. The van der Waals surface area contributed by atoms with E-state index in [1.165, 1.54) is 7.05 Å². The minimum Gasteiger partial charge on any atom is -0.272 e. The second kappa shape index (κ2) is 4.14. The van der Waals surface area contributed by atoms with Gasteiger partial charge in [0.2, 0.25) is 0 Å². The number of aryl methyl sites for hydroxylation is 1. The molecule has 82 valence electrons. The normalized spacial score (nSPS) is 18.6. The summed E-state index contributed by atoms with van der Waals surface area (Å²) in [6, 6.07) is 7.76. The summed E-state index contributed by atoms with van der Waals surface area (Å²) in [6.45, 7) is 1.97. The van der Waals surface area contributed by atoms with Gasteiger partial charge in [-0.05, 0) is 35.9 Å². The largest absolute Gasteiger partial charge is 0.293 e. The van der Waals surface area contributed by atoms with Gasteiger partial charge >= 0.3 is 0 Å². The van der Waals surface area contributed by atoms with Crippen LogP contribution in [0.25, 0.3) is 6.08 Å². The lowest BCUT2D eigenvalue weighted by Gasteiger charge is -2.02. The first kappa shape index (κ1) is 11.0. The minimum atomic E-state index is -0.224. The van der Waals surface area contributed by atoms with Gasteiger partial charge in [-0.25, -0.2) is 0 Å². The zero-order valence-corrected chi connectivity index (χ0v) is 9.88. The van der Waals surface area contributed by atoms with Crippen LogP contribution < -0.4 is 0 Å². The molecule has 1 aliphatic heterocycles. The number of amides is 2. The quantitative estimate of drug-likeness (QED) is 0.700. The zero-order chi connectivity index (χ0) is 11.7. The Bertz CT molecular complexity index is 494. The molecule has 3 nitrogen and oxygen atoms in total. The lowest BCUT2D eigenvalue weighted by atomic mass is 10.1. The van der Waals surface area contributed by atoms with E-state index in [0.717, 1.165) is 27.8 Å². The molecule has 0 atom stereocenters. The maximum Gasteiger partial charge on any atom is 0.293 e. The predicted molar refractivity (Wildman–Crippen MR) is 64.9 cm³/mol. The third-order valence-electron chi connectivity index (χ3n) is 2.46. The molecule has 0 N–H and O–H groups in total. The van der Waals surface area contributed by atoms with Crippen LogP contribution in [0.4, 0.5) is 4.79 Å². The number of hydrogen-bond acceptors (Lipinski definition) is 3. The molecular weight excluding hydrogens is 222 g/mol. The van der Waals surface area contributed by atoms with Crippen molar-refractivity contribution in [3.8, 4) is 0 Å². The molecule has 2 rings (SSSR count). The highest BCUT2D eigenvalue weighted by Crippen LogP contribution is 2.31. The molecule has 1 aromatic rings. The standard InChI is InChI=1S/C12H11NO2S/c1-8-5-3-4-6-9(8)7-10-11(14)13(2)12(15)16-10/h3-7H,1-2H3/b10-7-. The molecule has 1 aliphatic rings. The van der Waals surface area contributed by atoms with Crippen LogP contribution in [0.15, 0.2) is 29.2 Å². The number of hydrogen-bond donors (Lipinski definition) is 0. The maximum absolute atomic E-state index is 11.6. The Morgan fingerprint density at radius 1 is 1.25 bits per heavy atom. The summed E-state index contributed by atoms with van der Waals surface area (Å²) in [5.74, 6) is -0.224. The van der Waals surface area contributed by atoms with Gasteiger partial charge in [-0.1, -0.05) is 24.3 Å². The summed E-state index contributed by atoms with van der Waals surface area (Å²) < 4.78 is 0. The monoisotopic (exact) mass is 233 g/mol. The van der Waals surface area contributed by atoms with Crippen LogP contribution in [0, 0.1) is 6.92 Å². The van der Waals surface area contributed by atoms with E-state index in [4.69, 9.17) is 0 Å². The molecule has 1 saturated heterocycles. The Kier molecular flexibility index (Phi) is 2.83. The van der Waals surface area contributed by atoms with Crippen LogP contribution >= 0.6 is 11.8 Å². The molecule has 4 heteroatoms. The number of likely N-dealkylation sites (N-methyl/N-ethyl adjacent to an activating group) is 1. The van der Waals surface area contributed by atoms with Gasteiger partial charge in [0.1, 0.15) is 0 Å². The number of nitrogens with zero attached hydrogens (tertiary/aromatic N) is 1. The van der Waals surface area contributed by atoms with E-state index >= 15 is 0 Å². The summed E-state index contributed by atoms with van der Waals surface area (Å²) >= 11 is 0.984. The molecule has 0 aliphatic carbocycles. The van der Waals surface area contributed by atoms with E-state index in [9.17, 15) is 9.59 Å². The fourth-order valence-electron chi connectivity index (χ4n) is 1.44. The number of benzene rings is 1. The first-order chi connectivity index (χ1) is 7.59. The van der Waals surface area contributed by atoms with Gasteiger partial charge in [-0.2, -0.15) is 0 Å². The second-order valence-corrected chi connectivity index (χ2v) is 4.59. The van der Waals surface area contributed by atoms with Crippen molar-refractivity contribution in [1.82, 2.24) is 4.90 Å². The first-order valence-electron chi connectivity index (χ1n) is 4.87. The topological polar surface area (TPSA) is 37.4 Å². The Labute approximate surface area is 98.1 Å². The summed E-state index contributed by atoms with van der Waals surface area (Å²) in [6.07, 6.45) is 1.77. The highest BCUT2D eigenvalue weighted by molar-refractivity contribution is 8.18. The van der Waals surface area contributed by atoms with Crippen LogP contribution in [0.5, 0.6) is 0 Å². The molecule has 0 spiro atoms. The molecule has 0 bridgehead atoms. The minimum absolute atomic E-state index is 0.218. The Hall–Kier alpha value is -1.55. The molecule has 16 heavy (non-hydrogen) atoms. The predicted octanol–water partition coefficient (Wildman–Crippen LogP) is 2.66. The highest BCUT2D eigenvalue weighted by Gasteiger charge is 2.31. The van der Waals surface area contributed by atoms with Crippen LogP contribution in [-0.4, -0.2) is 23.1 Å². The third-order valence-corrected chi connectivity index (χ3v) is 3.42. The van der Waals surface area contributed by atoms with Crippen LogP contribution in [0.1, 0.15) is 11.1 Å². The van der Waals surface area contributed by atoms with Crippen LogP contribution in [-0.2, 0) is 4.79 Å². The van der Waals surface area contributed by atoms with Gasteiger partial charge in [0.05, 0.1) is 4.91 Å². The van der Waals surface area contributed by atoms with Crippen molar-refractivity contribution in [2.75, 3.05) is 7.05 Å². The SMILES string of the molecule is Cc1ccccc1/C=C1\SC(=O)N(C)C1=O. The zero-order valence-electron chi connectivity index (χ0n) is 9.06. The summed E-state index contributed by atoms with van der Waals surface area (Å²) in [5, 5.41) is -0.218. The van der Waals surface area contributed by atoms with Crippen LogP contribution in [0.3, 0.4) is 0 Å². The van der Waals surface area contributed by atoms with Crippen molar-refractivity contribution in [2.24, 2.45) is 0 Å². The Morgan fingerprint density at radius 3 is 2.50 bits per heavy atom. The smallest absolute Gasteiger partial charge is 0.272 e. The Morgan fingerprint density at radius 2 is 1.94 bits per heavy atom. The number of imide groups is 1. The summed E-state index contributed by atoms with van der Waals surface area (Å²) in [5.41, 5.74) is 2.06. The molecule has 0 radical (unpaired) electrons. The number of carbonyl (C=O) groups is 2. The molecule has 2 amide bonds. The number of rotatable bonds is 1. The van der Waals surface area contributed by atoms with Gasteiger partial charge in [-0.15, -0.1) is 0 Å². The third kappa shape index (κ3) is 1.88. The van der Waals surface area contributed by atoms with Crippen molar-refractivity contribution in [2.45, 2.75) is 6.92 Å². The highest BCUT2D eigenvalue weighted by atomic mass is 32.2. The molecule has 0 unspecified atom stereocenters. The fourth-order valence-corrected chi connectivity index (χ4v) is 2.25. The van der Waals surface area contributed by atoms with Crippen molar-refractivity contribution < 1.29 is 9.59 Å². The van der Waals surface area contributed by atoms with E-state index in [2.05, 4.69) is 0 Å². The molecule has 1 heterocycles. The summed E-state index contributed by atoms with van der Waals surface area (Å²) in [4.78, 5) is 24.6. The Balaban J connectivity index is 2.37. The van der Waals surface area contributed by atoms with E-state index in [0.29, 0.717) is 4.91 Å². The van der Waals surface area contributed by atoms with Gasteiger partial charge in [0, 0.05) is 7.05 Å². The fraction of sp³-hybridized carbons (Fsp3) is 0.167. The van der Waals surface area contributed by atoms with Crippen molar-refractivity contribution in [1.29, 1.82) is 0 Å². The van der Waals surface area contributed by atoms with E-state index in [1.54, 1.807) is 6.08 Å². The van der Waals surface area contributed by atoms with Gasteiger partial charge in [-0.3, -0.25) is 14.5 Å². The molecule has 0 aromatic heterocycles. The molecule has 1 fully saturated rings. The van der Waals surface area contributed by atoms with E-state index in [-0.39, 0.29) is 11.1 Å². The average Bonchev–Trinajstić information content (AvgIpc) is 2.50. The van der Waals surface area contributed by atoms with E-state index in [1.807, 2.05) is 31.2 Å². The lowest BCUT2D eigenvalue weighted by Crippen LogP contribution is -2.22. The lowest BCUT2D eigenvalue weighted by molar-refractivity contribution is -0.121. The van der Waals surface area contributed by atoms with Crippen LogP contribution in [0.2, 0.25) is 0 Å². The molecule has 0 saturated carbocycles. The first-order valence-corrected chi connectivity index (χ1v) is 5.68. The molecular formula is C12H11NO2S. The van der Waals surface area contributed by atoms with Gasteiger partial charge in [0.25, 0.3) is 11.1 Å². The van der Waals surface area contributed by atoms with Gasteiger partial charge < -0.3 is 0 Å². The van der Waals surface area contributed by atoms with Gasteiger partial charge in [0.15, 0.2) is 0 Å². The maximum atomic E-state index is 11.6. The average molecular weight is 233 g/mol. The van der Waals surface area contributed by atoms with Crippen molar-refractivity contribution in [3.63, 3.8) is 0 Å². The number of thioether (sulfide) groups is 1. The summed E-state index contributed by atoms with van der Waals surface area (Å²) in [7, 11) is 1.50. The molecule has 1 aromatic carbocycles. The van der Waals surface area contributed by atoms with E-state index < -0.39 is 0 Å². The number of carbonyl (C=O) groups excluding carboxylic acids is 2.